The van der Waals surface area contributed by atoms with E-state index in [1.165, 1.54) is 4.90 Å². The normalized spacial score (nSPS) is 23.4. The molecule has 0 aromatic heterocycles. The molecule has 3 atom stereocenters. The van der Waals surface area contributed by atoms with E-state index in [-0.39, 0.29) is 35.8 Å². The average Bonchev–Trinajstić information content (AvgIpc) is 2.78. The Bertz CT molecular complexity index is 1100. The largest absolute Gasteiger partial charge is 0.493 e. The van der Waals surface area contributed by atoms with Crippen LogP contribution in [0.2, 0.25) is 0 Å². The van der Waals surface area contributed by atoms with Gasteiger partial charge in [-0.3, -0.25) is 14.5 Å². The van der Waals surface area contributed by atoms with Crippen molar-refractivity contribution in [2.45, 2.75) is 58.2 Å². The highest BCUT2D eigenvalue weighted by Crippen LogP contribution is 2.34. The van der Waals surface area contributed by atoms with Gasteiger partial charge in [0.05, 0.1) is 30.7 Å². The molecule has 2 aliphatic rings. The van der Waals surface area contributed by atoms with Crippen LogP contribution in [0.5, 0.6) is 5.75 Å². The van der Waals surface area contributed by atoms with Crippen LogP contribution in [-0.2, 0) is 4.79 Å². The minimum Gasteiger partial charge on any atom is -0.493 e. The lowest BCUT2D eigenvalue weighted by Gasteiger charge is -2.40. The molecule has 0 saturated heterocycles. The van der Waals surface area contributed by atoms with Crippen LogP contribution in [0.4, 0.5) is 0 Å². The van der Waals surface area contributed by atoms with Crippen LogP contribution in [0, 0.1) is 5.92 Å². The van der Waals surface area contributed by atoms with E-state index in [1.54, 1.807) is 6.07 Å². The van der Waals surface area contributed by atoms with E-state index in [0.717, 1.165) is 16.9 Å². The first-order chi connectivity index (χ1) is 15.7. The Labute approximate surface area is 195 Å². The molecule has 0 saturated carbocycles. The van der Waals surface area contributed by atoms with E-state index in [1.807, 2.05) is 70.2 Å². The number of nitrogens with two attached hydrogens (primary N) is 1. The van der Waals surface area contributed by atoms with Gasteiger partial charge in [0.1, 0.15) is 5.75 Å². The number of guanidine groups is 1. The number of amides is 2. The second kappa shape index (κ2) is 8.89. The predicted molar refractivity (Wildman–Crippen MR) is 128 cm³/mol. The first kappa shape index (κ1) is 22.8. The number of para-hydroxylation sites is 1. The number of benzene rings is 2. The summed E-state index contributed by atoms with van der Waals surface area (Å²) in [5.74, 6) is 1.01. The van der Waals surface area contributed by atoms with Gasteiger partial charge in [-0.25, -0.2) is 4.99 Å². The highest BCUT2D eigenvalue weighted by Gasteiger charge is 2.40. The summed E-state index contributed by atoms with van der Waals surface area (Å²) in [7, 11) is 0. The van der Waals surface area contributed by atoms with E-state index in [4.69, 9.17) is 10.5 Å². The molecule has 0 spiro atoms. The fraction of sp³-hybridized carbons (Fsp3) is 0.423. The molecule has 2 unspecified atom stereocenters. The Balaban J connectivity index is 1.54. The minimum atomic E-state index is -0.501. The van der Waals surface area contributed by atoms with Crippen LogP contribution in [0.25, 0.3) is 0 Å². The summed E-state index contributed by atoms with van der Waals surface area (Å²) in [6, 6.07) is 14.7. The van der Waals surface area contributed by atoms with Crippen LogP contribution in [0.15, 0.2) is 53.5 Å². The molecule has 2 aliphatic heterocycles. The third-order valence-corrected chi connectivity index (χ3v) is 6.92. The molecule has 0 fully saturated rings. The van der Waals surface area contributed by atoms with Crippen LogP contribution in [0.1, 0.15) is 74.1 Å². The molecule has 2 amide bonds. The summed E-state index contributed by atoms with van der Waals surface area (Å²) >= 11 is 0. The number of carbonyl (C=O) groups excluding carboxylic acids is 2. The molecule has 3 N–H and O–H groups in total. The molecule has 7 nitrogen and oxygen atoms in total. The maximum Gasteiger partial charge on any atom is 0.251 e. The number of rotatable bonds is 5. The van der Waals surface area contributed by atoms with Gasteiger partial charge in [0.15, 0.2) is 5.96 Å². The first-order valence-corrected chi connectivity index (χ1v) is 11.5. The Morgan fingerprint density at radius 3 is 2.70 bits per heavy atom. The molecule has 0 bridgehead atoms. The molecular formula is C26H32N4O3. The highest BCUT2D eigenvalue weighted by molar-refractivity contribution is 5.99. The smallest absolute Gasteiger partial charge is 0.251 e. The topological polar surface area (TPSA) is 97.0 Å². The lowest BCUT2D eigenvalue weighted by Crippen LogP contribution is -2.52. The van der Waals surface area contributed by atoms with Crippen molar-refractivity contribution in [3.63, 3.8) is 0 Å². The van der Waals surface area contributed by atoms with E-state index in [2.05, 4.69) is 10.3 Å². The zero-order valence-corrected chi connectivity index (χ0v) is 19.7. The lowest BCUT2D eigenvalue weighted by atomic mass is 9.84. The van der Waals surface area contributed by atoms with Crippen LogP contribution in [-0.4, -0.2) is 34.8 Å². The van der Waals surface area contributed by atoms with Crippen molar-refractivity contribution in [3.8, 4) is 5.75 Å². The van der Waals surface area contributed by atoms with Crippen molar-refractivity contribution in [1.82, 2.24) is 10.2 Å². The van der Waals surface area contributed by atoms with Gasteiger partial charge >= 0.3 is 0 Å². The van der Waals surface area contributed by atoms with Crippen LogP contribution < -0.4 is 15.8 Å². The minimum absolute atomic E-state index is 0.0557. The van der Waals surface area contributed by atoms with Gasteiger partial charge in [0.2, 0.25) is 5.91 Å². The second-order valence-electron chi connectivity index (χ2n) is 9.42. The summed E-state index contributed by atoms with van der Waals surface area (Å²) < 4.78 is 5.70. The summed E-state index contributed by atoms with van der Waals surface area (Å²) in [6.45, 7) is 8.52. The Morgan fingerprint density at radius 1 is 1.21 bits per heavy atom. The van der Waals surface area contributed by atoms with Crippen molar-refractivity contribution >= 4 is 17.8 Å². The van der Waals surface area contributed by atoms with Gasteiger partial charge in [-0.2, -0.15) is 0 Å². The number of nitrogens with one attached hydrogen (secondary N) is 1. The van der Waals surface area contributed by atoms with Gasteiger partial charge in [-0.1, -0.05) is 44.2 Å². The zero-order valence-electron chi connectivity index (χ0n) is 19.7. The molecule has 2 aromatic carbocycles. The van der Waals surface area contributed by atoms with Gasteiger partial charge in [-0.05, 0) is 43.5 Å². The van der Waals surface area contributed by atoms with Crippen LogP contribution in [0.3, 0.4) is 0 Å². The third-order valence-electron chi connectivity index (χ3n) is 6.92. The fourth-order valence-corrected chi connectivity index (χ4v) is 4.44. The Kier molecular flexibility index (Phi) is 6.15. The highest BCUT2D eigenvalue weighted by atomic mass is 16.5. The maximum atomic E-state index is 13.1. The number of hydrogen-bond acceptors (Lipinski definition) is 5. The Morgan fingerprint density at radius 2 is 1.97 bits per heavy atom. The van der Waals surface area contributed by atoms with E-state index < -0.39 is 5.54 Å². The second-order valence-corrected chi connectivity index (χ2v) is 9.42. The summed E-state index contributed by atoms with van der Waals surface area (Å²) in [4.78, 5) is 32.3. The SMILES string of the molecule is CC(c1cccc(C(=O)NC2CCOc3ccccc32)c1)N1C(=O)C[C@@](C)(C(C)C)N=C1N. The summed E-state index contributed by atoms with van der Waals surface area (Å²) in [6.07, 6.45) is 1.02. The molecule has 4 rings (SSSR count). The third kappa shape index (κ3) is 4.45. The van der Waals surface area contributed by atoms with Gasteiger partial charge in [-0.15, -0.1) is 0 Å². The van der Waals surface area contributed by atoms with E-state index in [0.29, 0.717) is 25.0 Å². The average molecular weight is 449 g/mol. The summed E-state index contributed by atoms with van der Waals surface area (Å²) in [5, 5.41) is 3.13. The number of ether oxygens (including phenoxy) is 1. The Hall–Kier alpha value is -3.35. The van der Waals surface area contributed by atoms with Gasteiger partial charge < -0.3 is 15.8 Å². The lowest BCUT2D eigenvalue weighted by molar-refractivity contribution is -0.131. The van der Waals surface area contributed by atoms with E-state index >= 15 is 0 Å². The van der Waals surface area contributed by atoms with Crippen molar-refractivity contribution in [3.05, 3.63) is 65.2 Å². The molecular weight excluding hydrogens is 416 g/mol. The van der Waals surface area contributed by atoms with Crippen LogP contribution >= 0.6 is 0 Å². The van der Waals surface area contributed by atoms with Crippen molar-refractivity contribution in [1.29, 1.82) is 0 Å². The molecule has 0 radical (unpaired) electrons. The number of aliphatic imine (C=N–C) groups is 1. The quantitative estimate of drug-likeness (QED) is 0.723. The monoisotopic (exact) mass is 448 g/mol. The van der Waals surface area contributed by atoms with Crippen molar-refractivity contribution in [2.75, 3.05) is 6.61 Å². The molecule has 174 valence electrons. The van der Waals surface area contributed by atoms with E-state index in [9.17, 15) is 9.59 Å². The van der Waals surface area contributed by atoms with Gasteiger partial charge in [0, 0.05) is 17.5 Å². The molecule has 0 aliphatic carbocycles. The predicted octanol–water partition coefficient (Wildman–Crippen LogP) is 3.96. The number of hydrogen-bond donors (Lipinski definition) is 2. The first-order valence-electron chi connectivity index (χ1n) is 11.5. The number of nitrogens with zero attached hydrogens (tertiary/aromatic N) is 2. The molecule has 2 heterocycles. The number of carbonyl (C=O) groups is 2. The van der Waals surface area contributed by atoms with Crippen molar-refractivity contribution < 1.29 is 14.3 Å². The summed E-state index contributed by atoms with van der Waals surface area (Å²) in [5.41, 5.74) is 8.10. The molecule has 33 heavy (non-hydrogen) atoms. The maximum absolute atomic E-state index is 13.1. The standard InChI is InChI=1S/C26H32N4O3/c1-16(2)26(4)15-23(31)30(25(27)29-26)17(3)18-8-7-9-19(14-18)24(32)28-21-12-13-33-22-11-6-5-10-20(21)22/h5-11,14,16-17,21H,12-13,15H2,1-4H3,(H2,27,29)(H,28,32)/t17?,21?,26-/m0/s1. The van der Waals surface area contributed by atoms with Gasteiger partial charge in [0.25, 0.3) is 5.91 Å². The zero-order chi connectivity index (χ0) is 23.8. The molecule has 2 aromatic rings. The van der Waals surface area contributed by atoms with Crippen molar-refractivity contribution in [2.24, 2.45) is 16.6 Å². The fourth-order valence-electron chi connectivity index (χ4n) is 4.44. The molecule has 7 heteroatoms. The number of fused-ring (bicyclic) bond motifs is 1.